The van der Waals surface area contributed by atoms with Crippen LogP contribution in [0, 0.1) is 0 Å². The van der Waals surface area contributed by atoms with Crippen molar-refractivity contribution in [2.75, 3.05) is 18.6 Å². The molecule has 10 N–H and O–H groups in total. The molecule has 4 atom stereocenters. The topological polar surface area (TPSA) is 223 Å². The summed E-state index contributed by atoms with van der Waals surface area (Å²) in [5.41, 5.74) is 16.9. The summed E-state index contributed by atoms with van der Waals surface area (Å²) < 4.78 is 11.3. The van der Waals surface area contributed by atoms with E-state index in [1.54, 1.807) is 12.1 Å². The van der Waals surface area contributed by atoms with Crippen LogP contribution in [0.15, 0.2) is 29.3 Å². The fourth-order valence-corrected chi connectivity index (χ4v) is 3.40. The Bertz CT molecular complexity index is 859. The molecule has 0 heterocycles. The van der Waals surface area contributed by atoms with Gasteiger partial charge in [0.15, 0.2) is 5.96 Å². The van der Waals surface area contributed by atoms with Gasteiger partial charge in [0.1, 0.15) is 17.8 Å². The van der Waals surface area contributed by atoms with Gasteiger partial charge in [-0.3, -0.25) is 18.8 Å². The number of phenolic OH excluding ortho intramolecular Hbond substituents is 1. The standard InChI is InChI=1S/C20H32N6O6S/c1-33(32)10-8-14(21)17(28)26-16(11-12-4-6-13(27)7-5-12)18(29)25-15(19(30)31)3-2-9-24-20(22)23/h4-7,14-16,27H,2-3,8-11,21H2,1H3,(H,25,29)(H,26,28)(H,30,31)(H4,22,23,24). The number of aromatic hydroxyl groups is 1. The number of guanidine groups is 1. The summed E-state index contributed by atoms with van der Waals surface area (Å²) in [4.78, 5) is 40.8. The van der Waals surface area contributed by atoms with Crippen molar-refractivity contribution in [2.24, 2.45) is 22.2 Å². The number of phenols is 1. The number of carbonyl (C=O) groups is 3. The van der Waals surface area contributed by atoms with Gasteiger partial charge in [0, 0.05) is 35.8 Å². The van der Waals surface area contributed by atoms with Gasteiger partial charge in [0.2, 0.25) is 11.8 Å². The van der Waals surface area contributed by atoms with E-state index in [0.29, 0.717) is 12.0 Å². The lowest BCUT2D eigenvalue weighted by Gasteiger charge is -2.23. The van der Waals surface area contributed by atoms with Crippen LogP contribution in [0.3, 0.4) is 0 Å². The van der Waals surface area contributed by atoms with Crippen molar-refractivity contribution in [2.45, 2.75) is 43.8 Å². The Morgan fingerprint density at radius 3 is 2.21 bits per heavy atom. The zero-order valence-electron chi connectivity index (χ0n) is 18.4. The highest BCUT2D eigenvalue weighted by Gasteiger charge is 2.28. The number of benzene rings is 1. The molecule has 1 aromatic rings. The Morgan fingerprint density at radius 2 is 1.67 bits per heavy atom. The Kier molecular flexibility index (Phi) is 11.9. The summed E-state index contributed by atoms with van der Waals surface area (Å²) >= 11 is 0. The minimum Gasteiger partial charge on any atom is -0.508 e. The molecule has 13 heteroatoms. The van der Waals surface area contributed by atoms with Gasteiger partial charge < -0.3 is 38.0 Å². The number of carboxylic acid groups (broad SMARTS) is 1. The van der Waals surface area contributed by atoms with Crippen LogP contribution in [0.2, 0.25) is 0 Å². The lowest BCUT2D eigenvalue weighted by Crippen LogP contribution is -2.55. The second-order valence-electron chi connectivity index (χ2n) is 7.45. The van der Waals surface area contributed by atoms with Crippen molar-refractivity contribution in [3.63, 3.8) is 0 Å². The fraction of sp³-hybridized carbons (Fsp3) is 0.500. The number of carbonyl (C=O) groups excluding carboxylic acids is 2. The number of hydrogen-bond acceptors (Lipinski definition) is 7. The third kappa shape index (κ3) is 11.3. The highest BCUT2D eigenvalue weighted by Crippen LogP contribution is 2.12. The van der Waals surface area contributed by atoms with Crippen LogP contribution in [-0.4, -0.2) is 74.8 Å². The van der Waals surface area contributed by atoms with E-state index in [2.05, 4.69) is 15.6 Å². The molecule has 0 saturated carbocycles. The SMILES string of the molecule is CS(=O)CCC(N)C(=O)NC(Cc1ccc(O)cc1)C(=O)NC(CCCN=C(N)N)C(=O)O. The molecule has 0 bridgehead atoms. The van der Waals surface area contributed by atoms with E-state index in [0.717, 1.165) is 0 Å². The minimum atomic E-state index is -1.25. The Balaban J connectivity index is 2.92. The highest BCUT2D eigenvalue weighted by atomic mass is 32.2. The first-order valence-corrected chi connectivity index (χ1v) is 11.9. The van der Waals surface area contributed by atoms with Crippen LogP contribution < -0.4 is 27.8 Å². The summed E-state index contributed by atoms with van der Waals surface area (Å²) in [6.45, 7) is 0.198. The minimum absolute atomic E-state index is 0.0324. The lowest BCUT2D eigenvalue weighted by molar-refractivity contribution is -0.142. The average molecular weight is 485 g/mol. The van der Waals surface area contributed by atoms with Gasteiger partial charge in [-0.25, -0.2) is 4.79 Å². The summed E-state index contributed by atoms with van der Waals surface area (Å²) in [6, 6.07) is 2.68. The molecule has 1 rings (SSSR count). The van der Waals surface area contributed by atoms with Crippen molar-refractivity contribution >= 4 is 34.5 Å². The molecule has 0 aliphatic rings. The number of aliphatic carboxylic acids is 1. The molecule has 0 saturated heterocycles. The zero-order chi connectivity index (χ0) is 25.0. The number of nitrogens with two attached hydrogens (primary N) is 3. The maximum Gasteiger partial charge on any atom is 0.326 e. The first kappa shape index (κ1) is 27.8. The van der Waals surface area contributed by atoms with Crippen LogP contribution in [0.25, 0.3) is 0 Å². The number of nitrogens with one attached hydrogen (secondary N) is 2. The van der Waals surface area contributed by atoms with Crippen molar-refractivity contribution < 1.29 is 28.8 Å². The normalized spacial score (nSPS) is 14.4. The second-order valence-corrected chi connectivity index (χ2v) is 9.01. The summed E-state index contributed by atoms with van der Waals surface area (Å²) in [6.07, 6.45) is 2.06. The number of amides is 2. The van der Waals surface area contributed by atoms with E-state index in [9.17, 15) is 28.8 Å². The third-order valence-corrected chi connectivity index (χ3v) is 5.43. The monoisotopic (exact) mass is 484 g/mol. The Hall–Kier alpha value is -3.19. The van der Waals surface area contributed by atoms with Gasteiger partial charge in [-0.15, -0.1) is 0 Å². The maximum absolute atomic E-state index is 12.9. The largest absolute Gasteiger partial charge is 0.508 e. The molecular weight excluding hydrogens is 452 g/mol. The smallest absolute Gasteiger partial charge is 0.326 e. The molecule has 184 valence electrons. The number of aliphatic imine (C=N–C) groups is 1. The van der Waals surface area contributed by atoms with Crippen LogP contribution in [0.5, 0.6) is 5.75 Å². The zero-order valence-corrected chi connectivity index (χ0v) is 19.2. The first-order valence-electron chi connectivity index (χ1n) is 10.2. The number of hydrogen-bond donors (Lipinski definition) is 7. The molecule has 0 aliphatic heterocycles. The van der Waals surface area contributed by atoms with E-state index in [4.69, 9.17) is 17.2 Å². The van der Waals surface area contributed by atoms with E-state index in [1.165, 1.54) is 18.4 Å². The van der Waals surface area contributed by atoms with Gasteiger partial charge in [0.25, 0.3) is 0 Å². The molecule has 0 fully saturated rings. The predicted molar refractivity (Wildman–Crippen MR) is 125 cm³/mol. The highest BCUT2D eigenvalue weighted by molar-refractivity contribution is 7.84. The molecule has 0 spiro atoms. The number of carboxylic acids is 1. The molecule has 0 aliphatic carbocycles. The third-order valence-electron chi connectivity index (χ3n) is 4.62. The average Bonchev–Trinajstić information content (AvgIpc) is 2.74. The van der Waals surface area contributed by atoms with Gasteiger partial charge in [-0.05, 0) is 37.0 Å². The van der Waals surface area contributed by atoms with E-state index in [1.807, 2.05) is 0 Å². The molecular formula is C20H32N6O6S. The van der Waals surface area contributed by atoms with E-state index < -0.39 is 46.7 Å². The Morgan fingerprint density at radius 1 is 1.06 bits per heavy atom. The molecule has 12 nitrogen and oxygen atoms in total. The molecule has 4 unspecified atom stereocenters. The lowest BCUT2D eigenvalue weighted by atomic mass is 10.0. The van der Waals surface area contributed by atoms with Crippen molar-refractivity contribution in [3.8, 4) is 5.75 Å². The van der Waals surface area contributed by atoms with Gasteiger partial charge in [-0.2, -0.15) is 0 Å². The van der Waals surface area contributed by atoms with Crippen LogP contribution in [0.4, 0.5) is 0 Å². The second kappa shape index (κ2) is 14.1. The summed E-state index contributed by atoms with van der Waals surface area (Å²) in [5, 5.41) is 23.9. The fourth-order valence-electron chi connectivity index (χ4n) is 2.81. The van der Waals surface area contributed by atoms with Crippen LogP contribution in [-0.2, 0) is 31.6 Å². The number of nitrogens with zero attached hydrogens (tertiary/aromatic N) is 1. The van der Waals surface area contributed by atoms with Gasteiger partial charge in [-0.1, -0.05) is 12.1 Å². The van der Waals surface area contributed by atoms with Crippen molar-refractivity contribution in [1.29, 1.82) is 0 Å². The van der Waals surface area contributed by atoms with Gasteiger partial charge >= 0.3 is 5.97 Å². The van der Waals surface area contributed by atoms with Crippen molar-refractivity contribution in [1.82, 2.24) is 10.6 Å². The molecule has 0 radical (unpaired) electrons. The van der Waals surface area contributed by atoms with Crippen LogP contribution in [0.1, 0.15) is 24.8 Å². The van der Waals surface area contributed by atoms with E-state index in [-0.39, 0.29) is 43.3 Å². The van der Waals surface area contributed by atoms with E-state index >= 15 is 0 Å². The molecule has 1 aromatic carbocycles. The first-order chi connectivity index (χ1) is 15.5. The maximum atomic E-state index is 12.9. The summed E-state index contributed by atoms with van der Waals surface area (Å²) in [5.74, 6) is -2.45. The number of rotatable bonds is 14. The summed E-state index contributed by atoms with van der Waals surface area (Å²) in [7, 11) is -1.13. The quantitative estimate of drug-likeness (QED) is 0.0891. The van der Waals surface area contributed by atoms with Crippen LogP contribution >= 0.6 is 0 Å². The Labute approximate surface area is 194 Å². The molecule has 2 amide bonds. The van der Waals surface area contributed by atoms with Crippen molar-refractivity contribution in [3.05, 3.63) is 29.8 Å². The molecule has 0 aromatic heterocycles. The van der Waals surface area contributed by atoms with Gasteiger partial charge in [0.05, 0.1) is 6.04 Å². The molecule has 33 heavy (non-hydrogen) atoms. The predicted octanol–water partition coefficient (Wildman–Crippen LogP) is -1.86.